The first-order valence-electron chi connectivity index (χ1n) is 9.17. The molecule has 0 saturated carbocycles. The molecule has 3 atom stereocenters. The van der Waals surface area contributed by atoms with Gasteiger partial charge in [-0.15, -0.1) is 0 Å². The summed E-state index contributed by atoms with van der Waals surface area (Å²) in [5.41, 5.74) is 5.63. The summed E-state index contributed by atoms with van der Waals surface area (Å²) < 4.78 is 29.5. The number of alkyl carbamates (subject to hydrolysis) is 1. The maximum atomic E-state index is 13.3. The zero-order chi connectivity index (χ0) is 22.1. The number of sulfone groups is 1. The van der Waals surface area contributed by atoms with Gasteiger partial charge in [-0.05, 0) is 38.1 Å². The minimum absolute atomic E-state index is 0.0731. The summed E-state index contributed by atoms with van der Waals surface area (Å²) in [6.07, 6.45) is 2.41. The predicted molar refractivity (Wildman–Crippen MR) is 105 cm³/mol. The lowest BCUT2D eigenvalue weighted by Gasteiger charge is -2.37. The number of nitrogens with zero attached hydrogens (tertiary/aromatic N) is 2. The number of hydrogen-bond acceptors (Lipinski definition) is 8. The smallest absolute Gasteiger partial charge is 0.407 e. The minimum Gasteiger partial charge on any atom is -0.480 e. The second-order valence-corrected chi connectivity index (χ2v) is 9.63. The number of nitrogens with two attached hydrogens (primary N) is 1. The highest BCUT2D eigenvalue weighted by Gasteiger charge is 2.72. The van der Waals surface area contributed by atoms with E-state index in [9.17, 15) is 27.9 Å². The molecule has 1 aromatic rings. The highest BCUT2D eigenvalue weighted by molar-refractivity contribution is 7.94. The zero-order valence-electron chi connectivity index (χ0n) is 16.1. The van der Waals surface area contributed by atoms with Crippen LogP contribution < -0.4 is 11.1 Å². The second-order valence-electron chi connectivity index (χ2n) is 7.16. The molecule has 12 heteroatoms. The largest absolute Gasteiger partial charge is 0.480 e. The molecule has 162 valence electrons. The fraction of sp³-hybridized carbons (Fsp3) is 0.444. The van der Waals surface area contributed by atoms with E-state index in [1.54, 1.807) is 18.2 Å². The number of rotatable bonds is 7. The lowest BCUT2D eigenvalue weighted by molar-refractivity contribution is -0.153. The Hall–Kier alpha value is -2.99. The van der Waals surface area contributed by atoms with Gasteiger partial charge in [0.15, 0.2) is 21.3 Å². The average Bonchev–Trinajstić information content (AvgIpc) is 2.87. The van der Waals surface area contributed by atoms with Crippen molar-refractivity contribution in [1.29, 1.82) is 0 Å². The Kier molecular flexibility index (Phi) is 5.81. The van der Waals surface area contributed by atoms with E-state index in [0.717, 1.165) is 11.8 Å². The van der Waals surface area contributed by atoms with Crippen molar-refractivity contribution in [2.24, 2.45) is 5.73 Å². The molecule has 0 unspecified atom stereocenters. The van der Waals surface area contributed by atoms with Gasteiger partial charge >= 0.3 is 12.1 Å². The third-order valence-corrected chi connectivity index (χ3v) is 7.88. The SMILES string of the molecule is C[C@]1(COC(=O)NCCCN)[C@H](C(=O)O)N2C(=O)C(=Cc3ccccn3)[C@H]2S1(=O)=O. The van der Waals surface area contributed by atoms with Crippen LogP contribution in [-0.4, -0.2) is 77.2 Å². The predicted octanol–water partition coefficient (Wildman–Crippen LogP) is -0.651. The van der Waals surface area contributed by atoms with E-state index in [0.29, 0.717) is 18.7 Å². The Labute approximate surface area is 172 Å². The fourth-order valence-electron chi connectivity index (χ4n) is 3.57. The molecule has 2 amide bonds. The molecular formula is C18H22N4O7S. The van der Waals surface area contributed by atoms with Crippen molar-refractivity contribution in [3.8, 4) is 0 Å². The molecule has 0 spiro atoms. The summed E-state index contributed by atoms with van der Waals surface area (Å²) in [4.78, 5) is 41.2. The molecule has 11 nitrogen and oxygen atoms in total. The van der Waals surface area contributed by atoms with Crippen LogP contribution in [0.3, 0.4) is 0 Å². The van der Waals surface area contributed by atoms with E-state index in [-0.39, 0.29) is 12.1 Å². The third-order valence-electron chi connectivity index (χ3n) is 5.17. The standard InChI is InChI=1S/C18H22N4O7S/c1-18(10-29-17(26)21-8-4-6-19)13(16(24)25)22-14(23)12(15(22)30(18,27)28)9-11-5-2-3-7-20-11/h2-3,5,7,9,13,15H,4,6,8,10,19H2,1H3,(H,21,26)(H,24,25)/t13-,15+,18-/m0/s1. The topological polar surface area (TPSA) is 169 Å². The summed E-state index contributed by atoms with van der Waals surface area (Å²) in [7, 11) is -4.24. The van der Waals surface area contributed by atoms with Gasteiger partial charge in [0.25, 0.3) is 5.91 Å². The normalized spacial score (nSPS) is 28.0. The lowest BCUT2D eigenvalue weighted by atomic mass is 9.94. The van der Waals surface area contributed by atoms with Crippen LogP contribution in [0.5, 0.6) is 0 Å². The van der Waals surface area contributed by atoms with E-state index in [1.165, 1.54) is 12.3 Å². The number of pyridine rings is 1. The number of fused-ring (bicyclic) bond motifs is 1. The van der Waals surface area contributed by atoms with Gasteiger partial charge in [0.05, 0.1) is 11.3 Å². The van der Waals surface area contributed by atoms with Crippen LogP contribution in [-0.2, 0) is 24.2 Å². The maximum Gasteiger partial charge on any atom is 0.407 e. The molecule has 3 heterocycles. The van der Waals surface area contributed by atoms with Crippen molar-refractivity contribution in [2.75, 3.05) is 19.7 Å². The number of carbonyl (C=O) groups is 3. The van der Waals surface area contributed by atoms with Crippen molar-refractivity contribution in [3.63, 3.8) is 0 Å². The molecule has 2 aliphatic heterocycles. The molecule has 0 bridgehead atoms. The number of nitrogens with one attached hydrogen (secondary N) is 1. The average molecular weight is 438 g/mol. The first-order chi connectivity index (χ1) is 14.1. The number of aromatic nitrogens is 1. The molecule has 2 saturated heterocycles. The Morgan fingerprint density at radius 3 is 2.77 bits per heavy atom. The maximum absolute atomic E-state index is 13.3. The van der Waals surface area contributed by atoms with Crippen molar-refractivity contribution in [3.05, 3.63) is 35.7 Å². The van der Waals surface area contributed by atoms with Crippen LogP contribution in [0.25, 0.3) is 6.08 Å². The number of carbonyl (C=O) groups excluding carboxylic acids is 2. The number of β-lactam (4-membered cyclic amide) rings is 1. The van der Waals surface area contributed by atoms with Crippen LogP contribution in [0, 0.1) is 0 Å². The van der Waals surface area contributed by atoms with E-state index in [1.807, 2.05) is 0 Å². The summed E-state index contributed by atoms with van der Waals surface area (Å²) in [6, 6.07) is 3.23. The third kappa shape index (κ3) is 3.41. The number of amides is 2. The molecule has 3 rings (SSSR count). The number of carboxylic acid groups (broad SMARTS) is 1. The van der Waals surface area contributed by atoms with Gasteiger partial charge in [-0.1, -0.05) is 6.07 Å². The summed E-state index contributed by atoms with van der Waals surface area (Å²) in [6.45, 7) is 1.01. The van der Waals surface area contributed by atoms with Gasteiger partial charge in [0, 0.05) is 12.7 Å². The molecule has 2 aliphatic rings. The summed E-state index contributed by atoms with van der Waals surface area (Å²) in [5, 5.41) is 10.6. The van der Waals surface area contributed by atoms with Gasteiger partial charge < -0.3 is 25.8 Å². The van der Waals surface area contributed by atoms with Crippen molar-refractivity contribution >= 4 is 33.9 Å². The number of ether oxygens (including phenoxy) is 1. The van der Waals surface area contributed by atoms with E-state index < -0.39 is 50.6 Å². The molecule has 0 aromatic carbocycles. The Morgan fingerprint density at radius 2 is 2.17 bits per heavy atom. The molecular weight excluding hydrogens is 416 g/mol. The van der Waals surface area contributed by atoms with E-state index >= 15 is 0 Å². The Balaban J connectivity index is 1.89. The first-order valence-corrected chi connectivity index (χ1v) is 10.7. The van der Waals surface area contributed by atoms with E-state index in [4.69, 9.17) is 10.5 Å². The molecule has 0 aliphatic carbocycles. The fourth-order valence-corrected chi connectivity index (χ4v) is 5.84. The van der Waals surface area contributed by atoms with Gasteiger partial charge in [0.2, 0.25) is 0 Å². The van der Waals surface area contributed by atoms with Crippen LogP contribution in [0.15, 0.2) is 30.0 Å². The van der Waals surface area contributed by atoms with Crippen LogP contribution in [0.1, 0.15) is 19.0 Å². The summed E-state index contributed by atoms with van der Waals surface area (Å²) in [5.74, 6) is -2.21. The molecule has 30 heavy (non-hydrogen) atoms. The number of hydrogen-bond donors (Lipinski definition) is 3. The molecule has 1 aromatic heterocycles. The number of aliphatic carboxylic acids is 1. The molecule has 4 N–H and O–H groups in total. The second kappa shape index (κ2) is 8.03. The first kappa shape index (κ1) is 21.7. The Morgan fingerprint density at radius 1 is 1.43 bits per heavy atom. The van der Waals surface area contributed by atoms with Crippen molar-refractivity contribution in [2.45, 2.75) is 29.5 Å². The van der Waals surface area contributed by atoms with Crippen LogP contribution >= 0.6 is 0 Å². The van der Waals surface area contributed by atoms with Crippen LogP contribution in [0.4, 0.5) is 4.79 Å². The highest BCUT2D eigenvalue weighted by atomic mass is 32.2. The minimum atomic E-state index is -4.24. The van der Waals surface area contributed by atoms with Gasteiger partial charge in [-0.2, -0.15) is 0 Å². The van der Waals surface area contributed by atoms with Crippen molar-refractivity contribution < 1.29 is 32.6 Å². The molecule has 2 fully saturated rings. The van der Waals surface area contributed by atoms with Gasteiger partial charge in [-0.3, -0.25) is 9.78 Å². The van der Waals surface area contributed by atoms with Gasteiger partial charge in [0.1, 0.15) is 11.4 Å². The quantitative estimate of drug-likeness (QED) is 0.284. The van der Waals surface area contributed by atoms with Crippen LogP contribution in [0.2, 0.25) is 0 Å². The van der Waals surface area contributed by atoms with E-state index in [2.05, 4.69) is 10.3 Å². The Bertz CT molecular complexity index is 995. The lowest BCUT2D eigenvalue weighted by Crippen LogP contribution is -2.59. The van der Waals surface area contributed by atoms with Gasteiger partial charge in [-0.25, -0.2) is 18.0 Å². The zero-order valence-corrected chi connectivity index (χ0v) is 17.0. The summed E-state index contributed by atoms with van der Waals surface area (Å²) >= 11 is 0. The highest BCUT2D eigenvalue weighted by Crippen LogP contribution is 2.49. The monoisotopic (exact) mass is 438 g/mol. The van der Waals surface area contributed by atoms with Crippen molar-refractivity contribution in [1.82, 2.24) is 15.2 Å². The number of carboxylic acids is 1. The molecule has 0 radical (unpaired) electrons.